The van der Waals surface area contributed by atoms with E-state index in [1.54, 1.807) is 6.92 Å². The lowest BCUT2D eigenvalue weighted by Crippen LogP contribution is -2.34. The van der Waals surface area contributed by atoms with Crippen molar-refractivity contribution in [3.05, 3.63) is 34.9 Å². The van der Waals surface area contributed by atoms with Crippen LogP contribution >= 0.6 is 0 Å². The first-order valence-corrected chi connectivity index (χ1v) is 5.05. The Bertz CT molecular complexity index is 375. The Hall–Kier alpha value is -1.03. The fourth-order valence-corrected chi connectivity index (χ4v) is 1.56. The van der Waals surface area contributed by atoms with E-state index in [4.69, 9.17) is 5.73 Å². The summed E-state index contributed by atoms with van der Waals surface area (Å²) in [5, 5.41) is 0. The minimum absolute atomic E-state index is 0.412. The Morgan fingerprint density at radius 1 is 1.19 bits per heavy atom. The van der Waals surface area contributed by atoms with Crippen molar-refractivity contribution < 1.29 is 13.2 Å². The Morgan fingerprint density at radius 3 is 2.12 bits per heavy atom. The van der Waals surface area contributed by atoms with Gasteiger partial charge in [-0.25, -0.2) is 0 Å². The fourth-order valence-electron chi connectivity index (χ4n) is 1.56. The molecule has 0 bridgehead atoms. The molecule has 4 heteroatoms. The van der Waals surface area contributed by atoms with Gasteiger partial charge in [0, 0.05) is 5.54 Å². The minimum atomic E-state index is -4.28. The molecule has 1 aromatic carbocycles. The first-order valence-electron chi connectivity index (χ1n) is 5.05. The van der Waals surface area contributed by atoms with E-state index < -0.39 is 17.3 Å². The van der Waals surface area contributed by atoms with Crippen LogP contribution in [0.1, 0.15) is 30.5 Å². The van der Waals surface area contributed by atoms with E-state index in [0.717, 1.165) is 11.6 Å². The number of hydrogen-bond donors (Lipinski definition) is 1. The van der Waals surface area contributed by atoms with Gasteiger partial charge in [0.1, 0.15) is 0 Å². The molecule has 0 unspecified atom stereocenters. The van der Waals surface area contributed by atoms with E-state index in [1.165, 1.54) is 12.1 Å². The predicted molar refractivity (Wildman–Crippen MR) is 58.2 cm³/mol. The van der Waals surface area contributed by atoms with Gasteiger partial charge in [-0.2, -0.15) is 13.2 Å². The first kappa shape index (κ1) is 13.0. The zero-order chi connectivity index (χ0) is 12.6. The van der Waals surface area contributed by atoms with Crippen LogP contribution in [0, 0.1) is 6.92 Å². The third kappa shape index (κ3) is 3.52. The first-order chi connectivity index (χ1) is 7.09. The molecule has 0 aliphatic heterocycles. The lowest BCUT2D eigenvalue weighted by Gasteiger charge is -2.20. The highest BCUT2D eigenvalue weighted by atomic mass is 19.4. The van der Waals surface area contributed by atoms with E-state index in [-0.39, 0.29) is 0 Å². The predicted octanol–water partition coefficient (Wildman–Crippen LogP) is 3.29. The van der Waals surface area contributed by atoms with Crippen LogP contribution in [0.3, 0.4) is 0 Å². The van der Waals surface area contributed by atoms with Crippen molar-refractivity contribution in [2.75, 3.05) is 0 Å². The van der Waals surface area contributed by atoms with Crippen molar-refractivity contribution in [2.45, 2.75) is 38.9 Å². The number of hydrogen-bond acceptors (Lipinski definition) is 1. The molecule has 16 heavy (non-hydrogen) atoms. The third-order valence-corrected chi connectivity index (χ3v) is 2.32. The van der Waals surface area contributed by atoms with Crippen molar-refractivity contribution in [3.8, 4) is 0 Å². The van der Waals surface area contributed by atoms with Crippen LogP contribution in [0.2, 0.25) is 0 Å². The van der Waals surface area contributed by atoms with Crippen LogP contribution in [0.5, 0.6) is 0 Å². The second-order valence-electron chi connectivity index (χ2n) is 4.80. The largest absolute Gasteiger partial charge is 0.416 e. The molecule has 1 aromatic rings. The molecule has 0 spiro atoms. The topological polar surface area (TPSA) is 26.0 Å². The molecule has 0 aliphatic carbocycles. The summed E-state index contributed by atoms with van der Waals surface area (Å²) >= 11 is 0. The summed E-state index contributed by atoms with van der Waals surface area (Å²) < 4.78 is 37.2. The summed E-state index contributed by atoms with van der Waals surface area (Å²) in [6.07, 6.45) is -3.71. The second-order valence-corrected chi connectivity index (χ2v) is 4.80. The van der Waals surface area contributed by atoms with Gasteiger partial charge in [0.25, 0.3) is 0 Å². The zero-order valence-corrected chi connectivity index (χ0v) is 9.65. The van der Waals surface area contributed by atoms with E-state index >= 15 is 0 Å². The van der Waals surface area contributed by atoms with Crippen LogP contribution in [-0.2, 0) is 12.6 Å². The molecule has 0 atom stereocenters. The number of alkyl halides is 3. The molecule has 2 N–H and O–H groups in total. The van der Waals surface area contributed by atoms with E-state index in [2.05, 4.69) is 0 Å². The number of halogens is 3. The molecular weight excluding hydrogens is 215 g/mol. The molecule has 0 heterocycles. The van der Waals surface area contributed by atoms with Gasteiger partial charge in [-0.05, 0) is 50.5 Å². The lowest BCUT2D eigenvalue weighted by molar-refractivity contribution is -0.137. The van der Waals surface area contributed by atoms with Gasteiger partial charge in [0.05, 0.1) is 5.56 Å². The molecule has 1 rings (SSSR count). The van der Waals surface area contributed by atoms with E-state index in [0.29, 0.717) is 12.0 Å². The molecule has 0 saturated carbocycles. The second kappa shape index (κ2) is 4.09. The third-order valence-electron chi connectivity index (χ3n) is 2.32. The van der Waals surface area contributed by atoms with Gasteiger partial charge in [-0.3, -0.25) is 0 Å². The molecule has 1 nitrogen and oxygen atoms in total. The van der Waals surface area contributed by atoms with Crippen LogP contribution in [0.4, 0.5) is 13.2 Å². The normalized spacial score (nSPS) is 12.9. The number of nitrogens with two attached hydrogens (primary N) is 1. The SMILES string of the molecule is Cc1cc(C(F)(F)F)ccc1CC(C)(C)N. The van der Waals surface area contributed by atoms with Crippen molar-refractivity contribution in [2.24, 2.45) is 5.73 Å². The van der Waals surface area contributed by atoms with E-state index in [1.807, 2.05) is 13.8 Å². The quantitative estimate of drug-likeness (QED) is 0.830. The van der Waals surface area contributed by atoms with Gasteiger partial charge in [-0.15, -0.1) is 0 Å². The highest BCUT2D eigenvalue weighted by Gasteiger charge is 2.30. The van der Waals surface area contributed by atoms with Gasteiger partial charge in [0.2, 0.25) is 0 Å². The standard InChI is InChI=1S/C12H16F3N/c1-8-6-10(12(13,14)15)5-4-9(8)7-11(2,3)16/h4-6H,7,16H2,1-3H3. The highest BCUT2D eigenvalue weighted by molar-refractivity contribution is 5.33. The monoisotopic (exact) mass is 231 g/mol. The number of aryl methyl sites for hydroxylation is 1. The maximum atomic E-state index is 12.4. The Labute approximate surface area is 93.5 Å². The summed E-state index contributed by atoms with van der Waals surface area (Å²) in [5.41, 5.74) is 6.31. The van der Waals surface area contributed by atoms with Crippen LogP contribution in [0.25, 0.3) is 0 Å². The van der Waals surface area contributed by atoms with Crippen molar-refractivity contribution in [3.63, 3.8) is 0 Å². The summed E-state index contributed by atoms with van der Waals surface area (Å²) in [6, 6.07) is 3.78. The van der Waals surface area contributed by atoms with Crippen molar-refractivity contribution in [1.29, 1.82) is 0 Å². The van der Waals surface area contributed by atoms with E-state index in [9.17, 15) is 13.2 Å². The number of rotatable bonds is 2. The zero-order valence-electron chi connectivity index (χ0n) is 9.65. The molecule has 0 fully saturated rings. The lowest BCUT2D eigenvalue weighted by atomic mass is 9.92. The molecule has 0 saturated heterocycles. The average Bonchev–Trinajstić information content (AvgIpc) is 2.04. The molecule has 0 amide bonds. The molecule has 90 valence electrons. The van der Waals surface area contributed by atoms with Crippen molar-refractivity contribution >= 4 is 0 Å². The molecule has 0 aromatic heterocycles. The van der Waals surface area contributed by atoms with Crippen LogP contribution in [-0.4, -0.2) is 5.54 Å². The maximum absolute atomic E-state index is 12.4. The average molecular weight is 231 g/mol. The fraction of sp³-hybridized carbons (Fsp3) is 0.500. The van der Waals surface area contributed by atoms with Gasteiger partial charge < -0.3 is 5.73 Å². The summed E-state index contributed by atoms with van der Waals surface area (Å²) in [6.45, 7) is 5.38. The minimum Gasteiger partial charge on any atom is -0.325 e. The number of benzene rings is 1. The van der Waals surface area contributed by atoms with Gasteiger partial charge in [0.15, 0.2) is 0 Å². The molecule has 0 aliphatic rings. The Morgan fingerprint density at radius 2 is 1.75 bits per heavy atom. The van der Waals surface area contributed by atoms with Gasteiger partial charge in [-0.1, -0.05) is 6.07 Å². The Balaban J connectivity index is 3.01. The summed E-state index contributed by atoms with van der Waals surface area (Å²) in [5.74, 6) is 0. The maximum Gasteiger partial charge on any atom is 0.416 e. The summed E-state index contributed by atoms with van der Waals surface area (Å²) in [4.78, 5) is 0. The highest BCUT2D eigenvalue weighted by Crippen LogP contribution is 2.30. The van der Waals surface area contributed by atoms with Gasteiger partial charge >= 0.3 is 6.18 Å². The summed E-state index contributed by atoms with van der Waals surface area (Å²) in [7, 11) is 0. The Kier molecular flexibility index (Phi) is 3.33. The van der Waals surface area contributed by atoms with Crippen LogP contribution in [0.15, 0.2) is 18.2 Å². The van der Waals surface area contributed by atoms with Crippen molar-refractivity contribution in [1.82, 2.24) is 0 Å². The van der Waals surface area contributed by atoms with Crippen LogP contribution < -0.4 is 5.73 Å². The molecule has 0 radical (unpaired) electrons. The molecular formula is C12H16F3N. The smallest absolute Gasteiger partial charge is 0.325 e.